The minimum absolute atomic E-state index is 0.0606. The quantitative estimate of drug-likeness (QED) is 0.0741. The molecule has 0 unspecified atom stereocenters. The van der Waals surface area contributed by atoms with Crippen LogP contribution < -0.4 is 4.74 Å². The van der Waals surface area contributed by atoms with E-state index >= 15 is 0 Å². The third kappa shape index (κ3) is 10.6. The van der Waals surface area contributed by atoms with Crippen LogP contribution in [0.2, 0.25) is 0 Å². The Balaban J connectivity index is 1.22. The second-order valence-electron chi connectivity index (χ2n) is 12.2. The highest BCUT2D eigenvalue weighted by Crippen LogP contribution is 2.42. The topological polar surface area (TPSA) is 135 Å². The maximum Gasteiger partial charge on any atom is 0.303 e. The normalized spacial score (nSPS) is 17.8. The molecule has 3 N–H and O–H groups in total. The number of phenols is 1. The van der Waals surface area contributed by atoms with Crippen molar-refractivity contribution in [2.45, 2.75) is 63.9 Å². The summed E-state index contributed by atoms with van der Waals surface area (Å²) in [5.41, 5.74) is 5.50. The second-order valence-corrected chi connectivity index (χ2v) is 12.2. The van der Waals surface area contributed by atoms with E-state index in [0.717, 1.165) is 46.4 Å². The van der Waals surface area contributed by atoms with Crippen LogP contribution >= 0.6 is 0 Å². The number of pyridine rings is 1. The third-order valence-electron chi connectivity index (χ3n) is 8.50. The van der Waals surface area contributed by atoms with Crippen LogP contribution in [0.1, 0.15) is 85.2 Å². The van der Waals surface area contributed by atoms with Gasteiger partial charge in [-0.3, -0.25) is 14.6 Å². The number of benzene rings is 3. The van der Waals surface area contributed by atoms with Gasteiger partial charge in [0.1, 0.15) is 18.1 Å². The standard InChI is InChI=1S/C41H43NO8/c43-37-17-8-7-16-36(37)40-33(11-3-1-5-18-38(44)45)28-49-41(50-40)30-22-20-29(21-23-30)27-48-34-14-9-12-31(25-34)35(32-13-10-24-42-26-32)15-4-2-6-19-39(46)47/h1,3,7-10,12-17,20-26,33,40-41,43H,2,4-6,11,18-19,27-28H2,(H,44,45)(H,46,47)/b3-1-,35-15+/t33-,40+,41+/m1/s1. The van der Waals surface area contributed by atoms with Crippen molar-refractivity contribution in [1.29, 1.82) is 0 Å². The van der Waals surface area contributed by atoms with Gasteiger partial charge in [0.25, 0.3) is 0 Å². The van der Waals surface area contributed by atoms with Crippen molar-refractivity contribution in [3.63, 3.8) is 0 Å². The first-order valence-corrected chi connectivity index (χ1v) is 16.9. The molecule has 3 atom stereocenters. The molecule has 0 aliphatic carbocycles. The Bertz CT molecular complexity index is 1750. The van der Waals surface area contributed by atoms with Gasteiger partial charge in [-0.05, 0) is 73.1 Å². The van der Waals surface area contributed by atoms with E-state index < -0.39 is 24.3 Å². The van der Waals surface area contributed by atoms with Crippen LogP contribution in [0.3, 0.4) is 0 Å². The number of nitrogens with zero attached hydrogens (tertiary/aromatic N) is 1. The van der Waals surface area contributed by atoms with Gasteiger partial charge in [-0.2, -0.15) is 0 Å². The number of aromatic hydroxyl groups is 1. The SMILES string of the molecule is O=C(O)CC/C=C\C[C@@H]1CO[C@H](c2ccc(COc3cccc(/C(=C\CCCCC(=O)O)c4cccnc4)c3)cc2)O[C@@H]1c1ccccc1O. The van der Waals surface area contributed by atoms with Gasteiger partial charge in [0, 0.05) is 47.8 Å². The molecule has 0 amide bonds. The molecule has 1 aromatic heterocycles. The highest BCUT2D eigenvalue weighted by molar-refractivity contribution is 5.80. The van der Waals surface area contributed by atoms with Gasteiger partial charge in [0.05, 0.1) is 12.7 Å². The van der Waals surface area contributed by atoms with E-state index in [-0.39, 0.29) is 24.5 Å². The summed E-state index contributed by atoms with van der Waals surface area (Å²) in [5.74, 6) is -0.786. The Kier molecular flexibility index (Phi) is 13.3. The van der Waals surface area contributed by atoms with E-state index in [2.05, 4.69) is 11.1 Å². The number of ether oxygens (including phenoxy) is 3. The van der Waals surface area contributed by atoms with Gasteiger partial charge >= 0.3 is 11.9 Å². The predicted octanol–water partition coefficient (Wildman–Crippen LogP) is 8.66. The van der Waals surface area contributed by atoms with Crippen molar-refractivity contribution in [3.05, 3.63) is 143 Å². The first kappa shape index (κ1) is 36.0. The predicted molar refractivity (Wildman–Crippen MR) is 189 cm³/mol. The number of aromatic nitrogens is 1. The summed E-state index contributed by atoms with van der Waals surface area (Å²) in [4.78, 5) is 26.0. The highest BCUT2D eigenvalue weighted by atomic mass is 16.7. The van der Waals surface area contributed by atoms with Crippen LogP contribution in [0.25, 0.3) is 5.57 Å². The fourth-order valence-electron chi connectivity index (χ4n) is 5.88. The average Bonchev–Trinajstić information content (AvgIpc) is 3.13. The van der Waals surface area contributed by atoms with E-state index in [9.17, 15) is 14.7 Å². The molecule has 50 heavy (non-hydrogen) atoms. The fraction of sp³-hybridized carbons (Fsp3) is 0.293. The molecule has 9 nitrogen and oxygen atoms in total. The maximum atomic E-state index is 10.9. The number of aliphatic carboxylic acids is 2. The number of carboxylic acid groups (broad SMARTS) is 2. The lowest BCUT2D eigenvalue weighted by molar-refractivity contribution is -0.244. The summed E-state index contributed by atoms with van der Waals surface area (Å²) in [6.45, 7) is 0.764. The molecule has 2 heterocycles. The molecular formula is C41H43NO8. The zero-order valence-electron chi connectivity index (χ0n) is 27.9. The van der Waals surface area contributed by atoms with Gasteiger partial charge in [0.15, 0.2) is 6.29 Å². The van der Waals surface area contributed by atoms with Gasteiger partial charge in [-0.15, -0.1) is 0 Å². The fourth-order valence-corrected chi connectivity index (χ4v) is 5.88. The summed E-state index contributed by atoms with van der Waals surface area (Å²) < 4.78 is 18.8. The lowest BCUT2D eigenvalue weighted by atomic mass is 9.91. The molecule has 0 spiro atoms. The van der Waals surface area contributed by atoms with Crippen LogP contribution in [0, 0.1) is 5.92 Å². The van der Waals surface area contributed by atoms with E-state index in [4.69, 9.17) is 24.4 Å². The van der Waals surface area contributed by atoms with E-state index in [1.807, 2.05) is 91.1 Å². The largest absolute Gasteiger partial charge is 0.508 e. The summed E-state index contributed by atoms with van der Waals surface area (Å²) in [5, 5.41) is 28.5. The number of rotatable bonds is 17. The number of unbranched alkanes of at least 4 members (excludes halogenated alkanes) is 2. The molecule has 0 saturated carbocycles. The second kappa shape index (κ2) is 18.5. The summed E-state index contributed by atoms with van der Waals surface area (Å²) in [7, 11) is 0. The van der Waals surface area contributed by atoms with Crippen LogP contribution in [0.5, 0.6) is 11.5 Å². The summed E-state index contributed by atoms with van der Waals surface area (Å²) in [6, 6.07) is 26.9. The molecule has 1 aliphatic rings. The lowest BCUT2D eigenvalue weighted by Gasteiger charge is -2.37. The number of hydrogen-bond acceptors (Lipinski definition) is 7. The van der Waals surface area contributed by atoms with Crippen molar-refractivity contribution >= 4 is 17.5 Å². The Morgan fingerprint density at radius 2 is 1.66 bits per heavy atom. The van der Waals surface area contributed by atoms with Crippen molar-refractivity contribution in [1.82, 2.24) is 4.98 Å². The molecule has 1 aliphatic heterocycles. The van der Waals surface area contributed by atoms with Gasteiger partial charge < -0.3 is 29.5 Å². The van der Waals surface area contributed by atoms with Crippen LogP contribution in [-0.4, -0.2) is 38.8 Å². The zero-order valence-corrected chi connectivity index (χ0v) is 27.9. The molecule has 9 heteroatoms. The zero-order chi connectivity index (χ0) is 35.1. The molecular weight excluding hydrogens is 634 g/mol. The Morgan fingerprint density at radius 1 is 0.860 bits per heavy atom. The number of carbonyl (C=O) groups is 2. The number of para-hydroxylation sites is 1. The third-order valence-corrected chi connectivity index (χ3v) is 8.50. The summed E-state index contributed by atoms with van der Waals surface area (Å²) >= 11 is 0. The molecule has 1 saturated heterocycles. The molecule has 1 fully saturated rings. The highest BCUT2D eigenvalue weighted by Gasteiger charge is 2.34. The first-order chi connectivity index (χ1) is 24.4. The number of carboxylic acids is 2. The van der Waals surface area contributed by atoms with E-state index in [1.165, 1.54) is 0 Å². The number of hydrogen-bond donors (Lipinski definition) is 3. The minimum atomic E-state index is -0.830. The monoisotopic (exact) mass is 677 g/mol. The number of phenolic OH excluding ortho intramolecular Hbond substituents is 1. The Morgan fingerprint density at radius 3 is 2.42 bits per heavy atom. The Labute approximate surface area is 292 Å². The van der Waals surface area contributed by atoms with E-state index in [1.54, 1.807) is 18.3 Å². The molecule has 0 bridgehead atoms. The van der Waals surface area contributed by atoms with Crippen LogP contribution in [-0.2, 0) is 25.7 Å². The van der Waals surface area contributed by atoms with Crippen molar-refractivity contribution < 1.29 is 39.1 Å². The number of allylic oxidation sites excluding steroid dienone is 3. The van der Waals surface area contributed by atoms with Crippen molar-refractivity contribution in [3.8, 4) is 11.5 Å². The summed E-state index contributed by atoms with van der Waals surface area (Å²) in [6.07, 6.45) is 12.0. The van der Waals surface area contributed by atoms with Gasteiger partial charge in [-0.25, -0.2) is 0 Å². The minimum Gasteiger partial charge on any atom is -0.508 e. The van der Waals surface area contributed by atoms with Crippen LogP contribution in [0.15, 0.2) is 116 Å². The van der Waals surface area contributed by atoms with Crippen LogP contribution in [0.4, 0.5) is 0 Å². The average molecular weight is 678 g/mol. The molecule has 260 valence electrons. The lowest BCUT2D eigenvalue weighted by Crippen LogP contribution is -2.30. The molecule has 5 rings (SSSR count). The molecule has 3 aromatic carbocycles. The van der Waals surface area contributed by atoms with Crippen molar-refractivity contribution in [2.24, 2.45) is 5.92 Å². The van der Waals surface area contributed by atoms with E-state index in [0.29, 0.717) is 38.0 Å². The first-order valence-electron chi connectivity index (χ1n) is 16.9. The smallest absolute Gasteiger partial charge is 0.303 e. The molecule has 4 aromatic rings. The maximum absolute atomic E-state index is 10.9. The van der Waals surface area contributed by atoms with Crippen molar-refractivity contribution in [2.75, 3.05) is 6.61 Å². The molecule has 0 radical (unpaired) electrons. The Hall–Kier alpha value is -5.25. The van der Waals surface area contributed by atoms with Gasteiger partial charge in [0.2, 0.25) is 0 Å². The van der Waals surface area contributed by atoms with Gasteiger partial charge in [-0.1, -0.05) is 78.9 Å².